The van der Waals surface area contributed by atoms with Crippen molar-refractivity contribution in [2.45, 2.75) is 6.04 Å². The number of benzene rings is 1. The van der Waals surface area contributed by atoms with Gasteiger partial charge < -0.3 is 16.2 Å². The van der Waals surface area contributed by atoms with E-state index in [2.05, 4.69) is 5.32 Å². The van der Waals surface area contributed by atoms with Gasteiger partial charge in [0.1, 0.15) is 0 Å². The first kappa shape index (κ1) is 14.4. The molecule has 1 atom stereocenters. The number of carbonyl (C=O) groups excluding carboxylic acids is 1. The molecule has 0 aliphatic heterocycles. The Morgan fingerprint density at radius 3 is 2.65 bits per heavy atom. The Hall–Kier alpha value is -2.05. The molecule has 5 nitrogen and oxygen atoms in total. The third-order valence-corrected chi connectivity index (χ3v) is 3.79. The highest BCUT2D eigenvalue weighted by Crippen LogP contribution is 2.28. The number of primary amides is 1. The summed E-state index contributed by atoms with van der Waals surface area (Å²) >= 11 is 7.18. The number of amides is 1. The molecular weight excluding hydrogens is 300 g/mol. The molecule has 0 saturated carbocycles. The fourth-order valence-electron chi connectivity index (χ4n) is 1.72. The molecule has 1 aromatic heterocycles. The van der Waals surface area contributed by atoms with Gasteiger partial charge in [-0.15, -0.1) is 11.3 Å². The molecule has 2 rings (SSSR count). The van der Waals surface area contributed by atoms with Crippen LogP contribution in [-0.4, -0.2) is 17.0 Å². The Balaban J connectivity index is 2.38. The normalized spacial score (nSPS) is 11.8. The molecule has 0 spiro atoms. The summed E-state index contributed by atoms with van der Waals surface area (Å²) in [5.41, 5.74) is 5.76. The van der Waals surface area contributed by atoms with E-state index in [1.807, 2.05) is 0 Å². The molecule has 1 amide bonds. The number of nitrogens with one attached hydrogen (secondary N) is 1. The number of rotatable bonds is 5. The highest BCUT2D eigenvalue weighted by atomic mass is 35.5. The Bertz CT molecular complexity index is 643. The number of carboxylic acids is 1. The van der Waals surface area contributed by atoms with E-state index in [9.17, 15) is 14.7 Å². The summed E-state index contributed by atoms with van der Waals surface area (Å²) in [6.07, 6.45) is 0. The molecule has 104 valence electrons. The van der Waals surface area contributed by atoms with E-state index < -0.39 is 17.9 Å². The molecule has 0 bridgehead atoms. The Morgan fingerprint density at radius 1 is 1.35 bits per heavy atom. The van der Waals surface area contributed by atoms with Gasteiger partial charge >= 0.3 is 5.97 Å². The van der Waals surface area contributed by atoms with E-state index >= 15 is 0 Å². The second-order valence-corrected chi connectivity index (χ2v) is 5.40. The van der Waals surface area contributed by atoms with Gasteiger partial charge in [-0.3, -0.25) is 4.79 Å². The second kappa shape index (κ2) is 5.94. The molecule has 0 aliphatic carbocycles. The summed E-state index contributed by atoms with van der Waals surface area (Å²) in [7, 11) is 0. The van der Waals surface area contributed by atoms with Gasteiger partial charge in [0.15, 0.2) is 6.04 Å². The third kappa shape index (κ3) is 3.09. The van der Waals surface area contributed by atoms with E-state index in [1.54, 1.807) is 17.5 Å². The Morgan fingerprint density at radius 2 is 2.10 bits per heavy atom. The van der Waals surface area contributed by atoms with Crippen LogP contribution in [0.15, 0.2) is 35.7 Å². The third-order valence-electron chi connectivity index (χ3n) is 2.62. The lowest BCUT2D eigenvalue weighted by molar-refractivity contribution is -0.138. The molecule has 7 heteroatoms. The fourth-order valence-corrected chi connectivity index (χ4v) is 2.66. The predicted molar refractivity (Wildman–Crippen MR) is 78.3 cm³/mol. The molecule has 0 fully saturated rings. The van der Waals surface area contributed by atoms with E-state index in [4.69, 9.17) is 17.3 Å². The van der Waals surface area contributed by atoms with Crippen LogP contribution in [0.4, 0.5) is 5.69 Å². The van der Waals surface area contributed by atoms with E-state index in [0.29, 0.717) is 15.6 Å². The van der Waals surface area contributed by atoms with Crippen LogP contribution >= 0.6 is 22.9 Å². The van der Waals surface area contributed by atoms with Crippen molar-refractivity contribution in [3.63, 3.8) is 0 Å². The van der Waals surface area contributed by atoms with Crippen molar-refractivity contribution in [3.8, 4) is 0 Å². The van der Waals surface area contributed by atoms with Crippen LogP contribution in [0.2, 0.25) is 5.02 Å². The molecule has 2 aromatic rings. The van der Waals surface area contributed by atoms with Crippen LogP contribution < -0.4 is 11.1 Å². The number of carboxylic acid groups (broad SMARTS) is 1. The minimum Gasteiger partial charge on any atom is -0.479 e. The summed E-state index contributed by atoms with van der Waals surface area (Å²) in [5.74, 6) is -1.71. The number of hydrogen-bond donors (Lipinski definition) is 3. The zero-order valence-corrected chi connectivity index (χ0v) is 11.7. The highest BCUT2D eigenvalue weighted by Gasteiger charge is 2.22. The van der Waals surface area contributed by atoms with Crippen LogP contribution in [0.5, 0.6) is 0 Å². The average Bonchev–Trinajstić information content (AvgIpc) is 2.88. The first-order valence-corrected chi connectivity index (χ1v) is 6.87. The lowest BCUT2D eigenvalue weighted by Gasteiger charge is -2.16. The maximum absolute atomic E-state index is 11.4. The summed E-state index contributed by atoms with van der Waals surface area (Å²) in [6, 6.07) is 6.95. The first-order valence-electron chi connectivity index (χ1n) is 5.61. The fraction of sp³-hybridized carbons (Fsp3) is 0.0769. The quantitative estimate of drug-likeness (QED) is 0.791. The summed E-state index contributed by atoms with van der Waals surface area (Å²) in [5, 5.41) is 14.3. The van der Waals surface area contributed by atoms with Crippen LogP contribution in [0.1, 0.15) is 21.3 Å². The van der Waals surface area contributed by atoms with Gasteiger partial charge in [0.25, 0.3) is 5.91 Å². The predicted octanol–water partition coefficient (Wildman–Crippen LogP) is 2.74. The van der Waals surface area contributed by atoms with Crippen LogP contribution in [0.25, 0.3) is 0 Å². The number of thiophene rings is 1. The maximum atomic E-state index is 11.4. The summed E-state index contributed by atoms with van der Waals surface area (Å²) in [6.45, 7) is 0. The lowest BCUT2D eigenvalue weighted by Crippen LogP contribution is -2.22. The summed E-state index contributed by atoms with van der Waals surface area (Å²) < 4.78 is 0. The number of halogens is 1. The standard InChI is InChI=1S/C13H11ClN2O3S/c14-7-3-4-8(12(15)17)9(6-7)16-11(13(18)19)10-2-1-5-20-10/h1-6,11,16H,(H2,15,17)(H,18,19). The van der Waals surface area contributed by atoms with Crippen molar-refractivity contribution in [1.29, 1.82) is 0 Å². The van der Waals surface area contributed by atoms with E-state index in [-0.39, 0.29) is 5.56 Å². The monoisotopic (exact) mass is 310 g/mol. The van der Waals surface area contributed by atoms with Gasteiger partial charge in [0, 0.05) is 15.6 Å². The second-order valence-electron chi connectivity index (χ2n) is 3.99. The zero-order valence-electron chi connectivity index (χ0n) is 10.2. The van der Waals surface area contributed by atoms with Crippen molar-refractivity contribution in [3.05, 3.63) is 51.2 Å². The molecule has 0 aliphatic rings. The largest absolute Gasteiger partial charge is 0.479 e. The zero-order chi connectivity index (χ0) is 14.7. The van der Waals surface area contributed by atoms with Crippen molar-refractivity contribution in [2.75, 3.05) is 5.32 Å². The Kier molecular flexibility index (Phi) is 4.26. The number of carbonyl (C=O) groups is 2. The van der Waals surface area contributed by atoms with Gasteiger partial charge in [-0.05, 0) is 29.6 Å². The van der Waals surface area contributed by atoms with Crippen LogP contribution in [0.3, 0.4) is 0 Å². The molecule has 1 aromatic carbocycles. The lowest BCUT2D eigenvalue weighted by atomic mass is 10.1. The highest BCUT2D eigenvalue weighted by molar-refractivity contribution is 7.10. The first-order chi connectivity index (χ1) is 9.49. The van der Waals surface area contributed by atoms with Crippen LogP contribution in [-0.2, 0) is 4.79 Å². The minimum absolute atomic E-state index is 0.192. The SMILES string of the molecule is NC(=O)c1ccc(Cl)cc1NC(C(=O)O)c1cccs1. The Labute approximate surface area is 124 Å². The summed E-state index contributed by atoms with van der Waals surface area (Å²) in [4.78, 5) is 23.3. The smallest absolute Gasteiger partial charge is 0.331 e. The van der Waals surface area contributed by atoms with E-state index in [0.717, 1.165) is 0 Å². The molecule has 1 unspecified atom stereocenters. The van der Waals surface area contributed by atoms with Gasteiger partial charge in [-0.2, -0.15) is 0 Å². The molecule has 4 N–H and O–H groups in total. The van der Waals surface area contributed by atoms with Gasteiger partial charge in [0.2, 0.25) is 0 Å². The van der Waals surface area contributed by atoms with Crippen LogP contribution in [0, 0.1) is 0 Å². The molecule has 0 radical (unpaired) electrons. The van der Waals surface area contributed by atoms with Crippen molar-refractivity contribution in [2.24, 2.45) is 5.73 Å². The molecular formula is C13H11ClN2O3S. The number of aliphatic carboxylic acids is 1. The maximum Gasteiger partial charge on any atom is 0.331 e. The van der Waals surface area contributed by atoms with Crippen molar-refractivity contribution >= 4 is 40.5 Å². The van der Waals surface area contributed by atoms with Gasteiger partial charge in [0.05, 0.1) is 5.56 Å². The average molecular weight is 311 g/mol. The molecule has 20 heavy (non-hydrogen) atoms. The number of hydrogen-bond acceptors (Lipinski definition) is 4. The van der Waals surface area contributed by atoms with Crippen molar-refractivity contribution < 1.29 is 14.7 Å². The van der Waals surface area contributed by atoms with Gasteiger partial charge in [-0.25, -0.2) is 4.79 Å². The van der Waals surface area contributed by atoms with E-state index in [1.165, 1.54) is 29.5 Å². The topological polar surface area (TPSA) is 92.4 Å². The molecule has 0 saturated heterocycles. The minimum atomic E-state index is -1.05. The molecule has 1 heterocycles. The number of anilines is 1. The van der Waals surface area contributed by atoms with Gasteiger partial charge in [-0.1, -0.05) is 17.7 Å². The number of nitrogens with two attached hydrogens (primary N) is 1. The van der Waals surface area contributed by atoms with Crippen molar-refractivity contribution in [1.82, 2.24) is 0 Å².